The number of hydrogen-bond donors (Lipinski definition) is 3. The van der Waals surface area contributed by atoms with Gasteiger partial charge in [0.1, 0.15) is 6.07 Å². The fourth-order valence-electron chi connectivity index (χ4n) is 1.87. The zero-order valence-corrected chi connectivity index (χ0v) is 15.7. The lowest BCUT2D eigenvalue weighted by atomic mass is 10.2. The molecule has 0 aromatic heterocycles. The Bertz CT molecular complexity index is 977. The summed E-state index contributed by atoms with van der Waals surface area (Å²) in [6.45, 7) is 0. The topological polar surface area (TPSA) is 107 Å². The molecule has 0 atom stereocenters. The number of nitrogens with zero attached hydrogens (tertiary/aromatic N) is 2. The first-order valence-corrected chi connectivity index (χ1v) is 8.22. The molecule has 0 aliphatic heterocycles. The summed E-state index contributed by atoms with van der Waals surface area (Å²) in [5.74, 6) is -4.97. The molecule has 0 heterocycles. The minimum atomic E-state index is -4.93. The monoisotopic (exact) mass is 509 g/mol. The number of hydrogen-bond acceptors (Lipinski definition) is 5. The number of halogens is 6. The van der Waals surface area contributed by atoms with Crippen LogP contribution in [-0.4, -0.2) is 11.5 Å². The van der Waals surface area contributed by atoms with E-state index in [0.717, 1.165) is 0 Å². The molecule has 0 saturated carbocycles. The molecule has 0 unspecified atom stereocenters. The van der Waals surface area contributed by atoms with E-state index < -0.39 is 40.7 Å². The van der Waals surface area contributed by atoms with Gasteiger partial charge in [-0.25, -0.2) is 8.78 Å². The Kier molecular flexibility index (Phi) is 6.39. The first kappa shape index (κ1) is 21.4. The summed E-state index contributed by atoms with van der Waals surface area (Å²) in [6, 6.07) is 6.00. The lowest BCUT2D eigenvalue weighted by molar-refractivity contribution is -0.138. The second-order valence-electron chi connectivity index (χ2n) is 5.11. The number of hydrazone groups is 1. The van der Waals surface area contributed by atoms with Crippen molar-refractivity contribution < 1.29 is 26.7 Å². The van der Waals surface area contributed by atoms with Crippen LogP contribution in [-0.2, 0) is 6.18 Å². The van der Waals surface area contributed by atoms with Crippen LogP contribution in [0.2, 0.25) is 0 Å². The summed E-state index contributed by atoms with van der Waals surface area (Å²) >= 11 is 1.91. The van der Waals surface area contributed by atoms with Gasteiger partial charge in [-0.1, -0.05) is 0 Å². The van der Waals surface area contributed by atoms with Gasteiger partial charge in [0, 0.05) is 3.57 Å². The van der Waals surface area contributed by atoms with E-state index in [4.69, 9.17) is 21.1 Å². The van der Waals surface area contributed by atoms with Crippen molar-refractivity contribution >= 4 is 39.8 Å². The molecule has 0 aliphatic carbocycles. The Morgan fingerprint density at radius 2 is 1.82 bits per heavy atom. The Morgan fingerprint density at radius 3 is 2.32 bits per heavy atom. The highest BCUT2D eigenvalue weighted by Gasteiger charge is 2.33. The van der Waals surface area contributed by atoms with Gasteiger partial charge in [-0.05, 0) is 52.9 Å². The Balaban J connectivity index is 2.43. The van der Waals surface area contributed by atoms with Crippen LogP contribution >= 0.6 is 22.6 Å². The first-order chi connectivity index (χ1) is 13.0. The number of rotatable bonds is 5. The van der Waals surface area contributed by atoms with E-state index in [9.17, 15) is 22.0 Å². The van der Waals surface area contributed by atoms with Crippen LogP contribution in [0.5, 0.6) is 11.5 Å². The van der Waals surface area contributed by atoms with Crippen molar-refractivity contribution in [1.29, 1.82) is 10.7 Å². The molecule has 2 aromatic rings. The highest BCUT2D eigenvalue weighted by Crippen LogP contribution is 2.37. The Labute approximate surface area is 168 Å². The van der Waals surface area contributed by atoms with Crippen molar-refractivity contribution in [2.75, 3.05) is 5.43 Å². The van der Waals surface area contributed by atoms with Crippen LogP contribution in [0.25, 0.3) is 0 Å². The molecule has 0 radical (unpaired) electrons. The average molecular weight is 509 g/mol. The van der Waals surface area contributed by atoms with Gasteiger partial charge in [-0.3, -0.25) is 10.8 Å². The molecule has 12 heteroatoms. The summed E-state index contributed by atoms with van der Waals surface area (Å²) in [7, 11) is 0. The van der Waals surface area contributed by atoms with Crippen molar-refractivity contribution in [3.8, 4) is 17.6 Å². The van der Waals surface area contributed by atoms with Crippen molar-refractivity contribution in [1.82, 2.24) is 0 Å². The van der Waals surface area contributed by atoms with Crippen LogP contribution in [0.15, 0.2) is 35.4 Å². The maximum atomic E-state index is 14.0. The van der Waals surface area contributed by atoms with E-state index in [1.807, 2.05) is 22.6 Å². The number of nitrogens with one attached hydrogen (secondary N) is 2. The zero-order valence-electron chi connectivity index (χ0n) is 13.5. The number of nitrogens with two attached hydrogens (primary N) is 1. The molecule has 4 N–H and O–H groups in total. The lowest BCUT2D eigenvalue weighted by Gasteiger charge is -2.14. The third-order valence-corrected chi connectivity index (χ3v) is 3.80. The highest BCUT2D eigenvalue weighted by molar-refractivity contribution is 14.1. The molecule has 0 amide bonds. The molecular formula is C16H9F5IN5O. The maximum absolute atomic E-state index is 14.0. The van der Waals surface area contributed by atoms with E-state index in [0.29, 0.717) is 3.57 Å². The number of amidine groups is 1. The van der Waals surface area contributed by atoms with Crippen LogP contribution in [0, 0.1) is 31.9 Å². The second kappa shape index (κ2) is 8.38. The van der Waals surface area contributed by atoms with E-state index in [-0.39, 0.29) is 23.6 Å². The molecule has 2 rings (SSSR count). The van der Waals surface area contributed by atoms with Gasteiger partial charge in [-0.2, -0.15) is 23.5 Å². The lowest BCUT2D eigenvalue weighted by Crippen LogP contribution is -2.21. The Morgan fingerprint density at radius 1 is 1.21 bits per heavy atom. The van der Waals surface area contributed by atoms with E-state index in [2.05, 4.69) is 10.5 Å². The quantitative estimate of drug-likeness (QED) is 0.180. The summed E-state index contributed by atoms with van der Waals surface area (Å²) in [5, 5.41) is 19.6. The van der Waals surface area contributed by atoms with Gasteiger partial charge in [0.2, 0.25) is 5.71 Å². The van der Waals surface area contributed by atoms with Crippen molar-refractivity contribution in [3.05, 3.63) is 51.1 Å². The molecule has 0 bridgehead atoms. The van der Waals surface area contributed by atoms with E-state index in [1.165, 1.54) is 18.2 Å². The van der Waals surface area contributed by atoms with E-state index in [1.54, 1.807) is 6.07 Å². The molecular weight excluding hydrogens is 500 g/mol. The third-order valence-electron chi connectivity index (χ3n) is 3.13. The van der Waals surface area contributed by atoms with Crippen molar-refractivity contribution in [2.45, 2.75) is 6.18 Å². The predicted molar refractivity (Wildman–Crippen MR) is 99.2 cm³/mol. The summed E-state index contributed by atoms with van der Waals surface area (Å²) in [4.78, 5) is 0. The minimum absolute atomic E-state index is 0.0274. The number of anilines is 1. The molecule has 0 aliphatic rings. The van der Waals surface area contributed by atoms with Gasteiger partial charge < -0.3 is 10.5 Å². The summed E-state index contributed by atoms with van der Waals surface area (Å²) < 4.78 is 71.7. The average Bonchev–Trinajstić information content (AvgIpc) is 2.58. The van der Waals surface area contributed by atoms with Crippen LogP contribution < -0.4 is 15.9 Å². The van der Waals surface area contributed by atoms with Gasteiger partial charge in [0.05, 0.1) is 11.3 Å². The van der Waals surface area contributed by atoms with Crippen LogP contribution in [0.3, 0.4) is 0 Å². The second-order valence-corrected chi connectivity index (χ2v) is 6.35. The number of benzene rings is 2. The minimum Gasteiger partial charge on any atom is -0.449 e. The standard InChI is InChI=1S/C16H9F5IN5O/c17-9-3-7(16(19,20)21)4-10(18)14(9)28-13-2-1-8(22)5-11(13)26-27-12(6-23)15(24)25/h1-5,26H,(H3,24,25)/b27-12+. The normalized spacial score (nSPS) is 11.7. The van der Waals surface area contributed by atoms with Crippen LogP contribution in [0.1, 0.15) is 5.56 Å². The summed E-state index contributed by atoms with van der Waals surface area (Å²) in [5.41, 5.74) is 5.60. The van der Waals surface area contributed by atoms with Gasteiger partial charge in [-0.15, -0.1) is 0 Å². The summed E-state index contributed by atoms with van der Waals surface area (Å²) in [6.07, 6.45) is -4.93. The number of alkyl halides is 3. The van der Waals surface area contributed by atoms with E-state index >= 15 is 0 Å². The zero-order chi connectivity index (χ0) is 21.1. The van der Waals surface area contributed by atoms with Crippen molar-refractivity contribution in [2.24, 2.45) is 10.8 Å². The Hall–Kier alpha value is -2.95. The fraction of sp³-hybridized carbons (Fsp3) is 0.0625. The largest absolute Gasteiger partial charge is 0.449 e. The van der Waals surface area contributed by atoms with Gasteiger partial charge >= 0.3 is 6.18 Å². The van der Waals surface area contributed by atoms with Gasteiger partial charge in [0.25, 0.3) is 0 Å². The first-order valence-electron chi connectivity index (χ1n) is 7.14. The molecule has 146 valence electrons. The molecule has 0 spiro atoms. The van der Waals surface area contributed by atoms with Gasteiger partial charge in [0.15, 0.2) is 29.0 Å². The fourth-order valence-corrected chi connectivity index (χ4v) is 2.36. The SMILES string of the molecule is N#C/C(=N\Nc1cc(I)ccc1Oc1c(F)cc(C(F)(F)F)cc1F)C(=N)N. The maximum Gasteiger partial charge on any atom is 0.416 e. The number of nitriles is 1. The molecule has 6 nitrogen and oxygen atoms in total. The predicted octanol–water partition coefficient (Wildman–Crippen LogP) is 4.61. The molecule has 0 saturated heterocycles. The van der Waals surface area contributed by atoms with Crippen LogP contribution in [0.4, 0.5) is 27.6 Å². The van der Waals surface area contributed by atoms with Crippen molar-refractivity contribution in [3.63, 3.8) is 0 Å². The number of ether oxygens (including phenoxy) is 1. The molecule has 0 fully saturated rings. The molecule has 28 heavy (non-hydrogen) atoms. The smallest absolute Gasteiger partial charge is 0.416 e. The third kappa shape index (κ3) is 5.06. The highest BCUT2D eigenvalue weighted by atomic mass is 127. The molecule has 2 aromatic carbocycles.